The molecule has 26 heavy (non-hydrogen) atoms. The van der Waals surface area contributed by atoms with Crippen LogP contribution in [0.5, 0.6) is 0 Å². The fourth-order valence-corrected chi connectivity index (χ4v) is 2.26. The van der Waals surface area contributed by atoms with Gasteiger partial charge in [0.2, 0.25) is 0 Å². The first-order valence-corrected chi connectivity index (χ1v) is 8.95. The molecule has 0 bridgehead atoms. The highest BCUT2D eigenvalue weighted by atomic mass is 16.5. The molecule has 0 heterocycles. The minimum Gasteiger partial charge on any atom is -0.456 e. The molecule has 1 aromatic rings. The van der Waals surface area contributed by atoms with E-state index in [9.17, 15) is 14.9 Å². The molecule has 0 saturated heterocycles. The standard InChI is InChI=1S/C21H30N2O3/c1-15(2)21(6,14-22)23-18(24)13-26-19(25)12-9-16-7-10-17(11-8-16)20(3,4)5/h7-8,10-11,15H,9,12-13H2,1-6H3,(H,23,24)/t21-/m0/s1. The van der Waals surface area contributed by atoms with Gasteiger partial charge in [-0.1, -0.05) is 58.9 Å². The van der Waals surface area contributed by atoms with Crippen molar-refractivity contribution in [3.8, 4) is 6.07 Å². The first-order chi connectivity index (χ1) is 12.0. The van der Waals surface area contributed by atoms with Crippen LogP contribution < -0.4 is 5.32 Å². The molecule has 0 unspecified atom stereocenters. The minimum atomic E-state index is -0.974. The predicted octanol–water partition coefficient (Wildman–Crippen LogP) is 3.51. The molecule has 0 aliphatic heterocycles. The molecule has 0 aliphatic carbocycles. The van der Waals surface area contributed by atoms with Gasteiger partial charge in [0.05, 0.1) is 6.07 Å². The maximum absolute atomic E-state index is 11.9. The summed E-state index contributed by atoms with van der Waals surface area (Å²) in [5.74, 6) is -0.947. The van der Waals surface area contributed by atoms with E-state index < -0.39 is 17.4 Å². The number of nitrogens with zero attached hydrogens (tertiary/aromatic N) is 1. The van der Waals surface area contributed by atoms with Gasteiger partial charge in [-0.2, -0.15) is 5.26 Å². The maximum Gasteiger partial charge on any atom is 0.306 e. The van der Waals surface area contributed by atoms with E-state index in [4.69, 9.17) is 4.74 Å². The molecule has 0 aliphatic rings. The Morgan fingerprint density at radius 1 is 1.15 bits per heavy atom. The second-order valence-corrected chi connectivity index (χ2v) is 8.12. The second kappa shape index (κ2) is 8.84. The van der Waals surface area contributed by atoms with E-state index in [1.54, 1.807) is 6.92 Å². The molecule has 0 fully saturated rings. The average molecular weight is 358 g/mol. The van der Waals surface area contributed by atoms with Crippen LogP contribution in [0.1, 0.15) is 59.1 Å². The monoisotopic (exact) mass is 358 g/mol. The molecule has 5 heteroatoms. The van der Waals surface area contributed by atoms with Gasteiger partial charge < -0.3 is 10.1 Å². The van der Waals surface area contributed by atoms with Gasteiger partial charge in [-0.05, 0) is 35.8 Å². The fourth-order valence-electron chi connectivity index (χ4n) is 2.26. The number of benzene rings is 1. The number of amides is 1. The molecule has 0 radical (unpaired) electrons. The Kier molecular flexibility index (Phi) is 7.38. The third-order valence-electron chi connectivity index (χ3n) is 4.59. The summed E-state index contributed by atoms with van der Waals surface area (Å²) >= 11 is 0. The predicted molar refractivity (Wildman–Crippen MR) is 101 cm³/mol. The fraction of sp³-hybridized carbons (Fsp3) is 0.571. The van der Waals surface area contributed by atoms with Gasteiger partial charge in [-0.15, -0.1) is 0 Å². The molecule has 5 nitrogen and oxygen atoms in total. The summed E-state index contributed by atoms with van der Waals surface area (Å²) < 4.78 is 5.01. The number of carbonyl (C=O) groups excluding carboxylic acids is 2. The van der Waals surface area contributed by atoms with E-state index in [1.165, 1.54) is 5.56 Å². The van der Waals surface area contributed by atoms with Gasteiger partial charge in [0.25, 0.3) is 5.91 Å². The lowest BCUT2D eigenvalue weighted by atomic mass is 9.86. The largest absolute Gasteiger partial charge is 0.456 e. The van der Waals surface area contributed by atoms with Gasteiger partial charge in [0.1, 0.15) is 5.54 Å². The number of hydrogen-bond acceptors (Lipinski definition) is 4. The Morgan fingerprint density at radius 2 is 1.73 bits per heavy atom. The minimum absolute atomic E-state index is 0.0526. The van der Waals surface area contributed by atoms with Gasteiger partial charge in [0, 0.05) is 6.42 Å². The summed E-state index contributed by atoms with van der Waals surface area (Å²) in [6.45, 7) is 11.4. The summed E-state index contributed by atoms with van der Waals surface area (Å²) in [6, 6.07) is 10.3. The van der Waals surface area contributed by atoms with Crippen molar-refractivity contribution in [3.63, 3.8) is 0 Å². The Bertz CT molecular complexity index is 666. The normalized spacial score (nSPS) is 13.6. The lowest BCUT2D eigenvalue weighted by molar-refractivity contribution is -0.149. The van der Waals surface area contributed by atoms with Crippen molar-refractivity contribution in [1.29, 1.82) is 5.26 Å². The number of esters is 1. The third-order valence-corrected chi connectivity index (χ3v) is 4.59. The Morgan fingerprint density at radius 3 is 2.19 bits per heavy atom. The van der Waals surface area contributed by atoms with E-state index >= 15 is 0 Å². The number of carbonyl (C=O) groups is 2. The zero-order valence-corrected chi connectivity index (χ0v) is 16.7. The smallest absolute Gasteiger partial charge is 0.306 e. The molecule has 0 spiro atoms. The highest BCUT2D eigenvalue weighted by Gasteiger charge is 2.30. The van der Waals surface area contributed by atoms with Crippen LogP contribution in [0, 0.1) is 17.2 Å². The third kappa shape index (κ3) is 6.51. The van der Waals surface area contributed by atoms with Crippen LogP contribution in [0.3, 0.4) is 0 Å². The molecule has 1 aromatic carbocycles. The first-order valence-electron chi connectivity index (χ1n) is 8.95. The molecular weight excluding hydrogens is 328 g/mol. The highest BCUT2D eigenvalue weighted by Crippen LogP contribution is 2.22. The summed E-state index contributed by atoms with van der Waals surface area (Å²) in [7, 11) is 0. The van der Waals surface area contributed by atoms with Crippen LogP contribution >= 0.6 is 0 Å². The van der Waals surface area contributed by atoms with Crippen LogP contribution in [-0.4, -0.2) is 24.0 Å². The number of aryl methyl sites for hydroxylation is 1. The van der Waals surface area contributed by atoms with E-state index in [0.29, 0.717) is 6.42 Å². The lowest BCUT2D eigenvalue weighted by Crippen LogP contribution is -2.50. The van der Waals surface area contributed by atoms with Gasteiger partial charge in [0.15, 0.2) is 6.61 Å². The average Bonchev–Trinajstić information content (AvgIpc) is 2.57. The van der Waals surface area contributed by atoms with E-state index in [2.05, 4.69) is 44.3 Å². The van der Waals surface area contributed by atoms with Crippen molar-refractivity contribution in [2.75, 3.05) is 6.61 Å². The molecular formula is C21H30N2O3. The molecule has 1 amide bonds. The zero-order chi connectivity index (χ0) is 20.0. The van der Waals surface area contributed by atoms with Crippen LogP contribution in [0.25, 0.3) is 0 Å². The number of ether oxygens (including phenoxy) is 1. The van der Waals surface area contributed by atoms with Gasteiger partial charge in [-0.25, -0.2) is 0 Å². The molecule has 0 saturated carbocycles. The van der Waals surface area contributed by atoms with Crippen molar-refractivity contribution < 1.29 is 14.3 Å². The van der Waals surface area contributed by atoms with E-state index in [0.717, 1.165) is 5.56 Å². The summed E-state index contributed by atoms with van der Waals surface area (Å²) in [6.07, 6.45) is 0.772. The zero-order valence-electron chi connectivity index (χ0n) is 16.7. The quantitative estimate of drug-likeness (QED) is 0.757. The number of hydrogen-bond donors (Lipinski definition) is 1. The molecule has 1 rings (SSSR count). The van der Waals surface area contributed by atoms with Crippen LogP contribution in [0.15, 0.2) is 24.3 Å². The maximum atomic E-state index is 11.9. The molecule has 1 atom stereocenters. The van der Waals surface area contributed by atoms with Crippen molar-refractivity contribution >= 4 is 11.9 Å². The Labute approximate surface area is 156 Å². The van der Waals surface area contributed by atoms with E-state index in [1.807, 2.05) is 26.0 Å². The van der Waals surface area contributed by atoms with Crippen LogP contribution in [0.2, 0.25) is 0 Å². The number of rotatable bonds is 7. The van der Waals surface area contributed by atoms with Crippen molar-refractivity contribution in [2.24, 2.45) is 5.92 Å². The topological polar surface area (TPSA) is 79.2 Å². The SMILES string of the molecule is CC(C)[C@](C)(C#N)NC(=O)COC(=O)CCc1ccc(C(C)(C)C)cc1. The van der Waals surface area contributed by atoms with Crippen molar-refractivity contribution in [3.05, 3.63) is 35.4 Å². The van der Waals surface area contributed by atoms with Crippen molar-refractivity contribution in [1.82, 2.24) is 5.32 Å². The highest BCUT2D eigenvalue weighted by molar-refractivity contribution is 5.81. The second-order valence-electron chi connectivity index (χ2n) is 8.12. The summed E-state index contributed by atoms with van der Waals surface area (Å²) in [5.41, 5.74) is 1.42. The summed E-state index contributed by atoms with van der Waals surface area (Å²) in [5, 5.41) is 11.8. The first kappa shape index (κ1) is 21.7. The Balaban J connectivity index is 2.43. The van der Waals surface area contributed by atoms with Crippen molar-refractivity contribution in [2.45, 2.75) is 65.3 Å². The van der Waals surface area contributed by atoms with Gasteiger partial charge >= 0.3 is 5.97 Å². The molecule has 1 N–H and O–H groups in total. The molecule has 0 aromatic heterocycles. The lowest BCUT2D eigenvalue weighted by Gasteiger charge is -2.27. The Hall–Kier alpha value is -2.35. The summed E-state index contributed by atoms with van der Waals surface area (Å²) in [4.78, 5) is 23.7. The molecule has 142 valence electrons. The van der Waals surface area contributed by atoms with Crippen LogP contribution in [0.4, 0.5) is 0 Å². The van der Waals surface area contributed by atoms with Crippen LogP contribution in [-0.2, 0) is 26.2 Å². The number of nitriles is 1. The number of nitrogens with one attached hydrogen (secondary N) is 1. The van der Waals surface area contributed by atoms with E-state index in [-0.39, 0.29) is 24.4 Å². The van der Waals surface area contributed by atoms with Gasteiger partial charge in [-0.3, -0.25) is 9.59 Å².